The van der Waals surface area contributed by atoms with E-state index >= 15 is 0 Å². The van der Waals surface area contributed by atoms with Crippen LogP contribution < -0.4 is 0 Å². The quantitative estimate of drug-likeness (QED) is 0.483. The molecule has 0 radical (unpaired) electrons. The van der Waals surface area contributed by atoms with Gasteiger partial charge in [0, 0.05) is 13.1 Å². The van der Waals surface area contributed by atoms with Crippen molar-refractivity contribution in [1.29, 1.82) is 0 Å². The molecule has 0 fully saturated rings. The highest BCUT2D eigenvalue weighted by Crippen LogP contribution is 2.30. The molecule has 0 aromatic rings. The van der Waals surface area contributed by atoms with Crippen LogP contribution in [0.25, 0.3) is 0 Å². The van der Waals surface area contributed by atoms with Crippen molar-refractivity contribution < 1.29 is 0 Å². The van der Waals surface area contributed by atoms with Crippen molar-refractivity contribution in [1.82, 2.24) is 4.90 Å². The Morgan fingerprint density at radius 3 is 2.16 bits per heavy atom. The van der Waals surface area contributed by atoms with Gasteiger partial charge in [-0.15, -0.1) is 0 Å². The van der Waals surface area contributed by atoms with Gasteiger partial charge in [-0.1, -0.05) is 66.0 Å². The van der Waals surface area contributed by atoms with Crippen LogP contribution >= 0.6 is 0 Å². The highest BCUT2D eigenvalue weighted by molar-refractivity contribution is 5.14. The lowest BCUT2D eigenvalue weighted by Crippen LogP contribution is -2.32. The van der Waals surface area contributed by atoms with E-state index in [2.05, 4.69) is 52.5 Å². The Hall–Kier alpha value is -0.300. The zero-order chi connectivity index (χ0) is 14.5. The fourth-order valence-electron chi connectivity index (χ4n) is 2.76. The average molecular weight is 265 g/mol. The molecule has 1 aliphatic heterocycles. The Morgan fingerprint density at radius 2 is 1.68 bits per heavy atom. The third kappa shape index (κ3) is 7.15. The number of hydrogen-bond donors (Lipinski definition) is 0. The zero-order valence-electron chi connectivity index (χ0n) is 14.2. The van der Waals surface area contributed by atoms with Crippen LogP contribution in [0.15, 0.2) is 11.6 Å². The summed E-state index contributed by atoms with van der Waals surface area (Å²) in [6.45, 7) is 17.8. The van der Waals surface area contributed by atoms with Gasteiger partial charge in [0.15, 0.2) is 0 Å². The second-order valence-electron chi connectivity index (χ2n) is 8.40. The molecule has 0 aliphatic carbocycles. The van der Waals surface area contributed by atoms with Gasteiger partial charge in [-0.05, 0) is 36.6 Å². The summed E-state index contributed by atoms with van der Waals surface area (Å²) >= 11 is 0. The zero-order valence-corrected chi connectivity index (χ0v) is 14.2. The van der Waals surface area contributed by atoms with E-state index in [1.54, 1.807) is 5.57 Å². The summed E-state index contributed by atoms with van der Waals surface area (Å²) in [5.41, 5.74) is 2.53. The summed E-state index contributed by atoms with van der Waals surface area (Å²) in [5, 5.41) is 0. The molecular formula is C18H35N. The van der Waals surface area contributed by atoms with Crippen LogP contribution in [0.2, 0.25) is 0 Å². The molecule has 0 aromatic heterocycles. The Bertz CT molecular complexity index is 288. The van der Waals surface area contributed by atoms with E-state index in [-0.39, 0.29) is 0 Å². The van der Waals surface area contributed by atoms with Crippen molar-refractivity contribution in [2.24, 2.45) is 10.8 Å². The molecule has 0 saturated carbocycles. The predicted octanol–water partition coefficient (Wildman–Crippen LogP) is 5.27. The first-order valence-corrected chi connectivity index (χ1v) is 8.10. The van der Waals surface area contributed by atoms with Gasteiger partial charge in [0.1, 0.15) is 0 Å². The lowest BCUT2D eigenvalue weighted by Gasteiger charge is -2.32. The van der Waals surface area contributed by atoms with Gasteiger partial charge in [0.2, 0.25) is 0 Å². The fourth-order valence-corrected chi connectivity index (χ4v) is 2.76. The SMILES string of the molecule is CC(C)(C)CCCCCN1CC=C(C(C)(C)C)CC1. The lowest BCUT2D eigenvalue weighted by molar-refractivity contribution is 0.268. The van der Waals surface area contributed by atoms with Crippen LogP contribution in [0.1, 0.15) is 73.6 Å². The summed E-state index contributed by atoms with van der Waals surface area (Å²) < 4.78 is 0. The smallest absolute Gasteiger partial charge is 0.0166 e. The van der Waals surface area contributed by atoms with E-state index in [0.29, 0.717) is 10.8 Å². The monoisotopic (exact) mass is 265 g/mol. The van der Waals surface area contributed by atoms with Gasteiger partial charge < -0.3 is 0 Å². The van der Waals surface area contributed by atoms with Gasteiger partial charge in [-0.2, -0.15) is 0 Å². The van der Waals surface area contributed by atoms with E-state index in [4.69, 9.17) is 0 Å². The van der Waals surface area contributed by atoms with Crippen LogP contribution in [0.4, 0.5) is 0 Å². The number of rotatable bonds is 5. The van der Waals surface area contributed by atoms with Crippen molar-refractivity contribution in [3.8, 4) is 0 Å². The Kier molecular flexibility index (Phi) is 6.11. The topological polar surface area (TPSA) is 3.24 Å². The summed E-state index contributed by atoms with van der Waals surface area (Å²) in [4.78, 5) is 2.62. The van der Waals surface area contributed by atoms with Crippen LogP contribution in [0.5, 0.6) is 0 Å². The Balaban J connectivity index is 2.15. The minimum absolute atomic E-state index is 0.374. The minimum atomic E-state index is 0.374. The molecule has 0 atom stereocenters. The van der Waals surface area contributed by atoms with E-state index < -0.39 is 0 Å². The van der Waals surface area contributed by atoms with Crippen LogP contribution in [0.3, 0.4) is 0 Å². The molecule has 1 rings (SSSR count). The van der Waals surface area contributed by atoms with Crippen molar-refractivity contribution in [2.75, 3.05) is 19.6 Å². The van der Waals surface area contributed by atoms with Crippen molar-refractivity contribution in [3.63, 3.8) is 0 Å². The second kappa shape index (κ2) is 6.92. The second-order valence-corrected chi connectivity index (χ2v) is 8.40. The largest absolute Gasteiger partial charge is 0.299 e. The molecule has 19 heavy (non-hydrogen) atoms. The molecule has 112 valence electrons. The highest BCUT2D eigenvalue weighted by Gasteiger charge is 2.20. The lowest BCUT2D eigenvalue weighted by atomic mass is 9.83. The molecule has 0 saturated heterocycles. The summed E-state index contributed by atoms with van der Waals surface area (Å²) in [7, 11) is 0. The number of hydrogen-bond acceptors (Lipinski definition) is 1. The maximum Gasteiger partial charge on any atom is 0.0166 e. The Morgan fingerprint density at radius 1 is 1.00 bits per heavy atom. The molecule has 0 N–H and O–H groups in total. The van der Waals surface area contributed by atoms with Gasteiger partial charge in [0.25, 0.3) is 0 Å². The van der Waals surface area contributed by atoms with Crippen molar-refractivity contribution in [2.45, 2.75) is 73.6 Å². The maximum absolute atomic E-state index is 2.62. The third-order valence-electron chi connectivity index (χ3n) is 4.16. The molecule has 0 bridgehead atoms. The first-order valence-electron chi connectivity index (χ1n) is 8.10. The van der Waals surface area contributed by atoms with Gasteiger partial charge in [-0.25, -0.2) is 0 Å². The molecule has 1 heterocycles. The first kappa shape index (κ1) is 16.8. The highest BCUT2D eigenvalue weighted by atomic mass is 15.1. The average Bonchev–Trinajstić information content (AvgIpc) is 2.26. The summed E-state index contributed by atoms with van der Waals surface area (Å²) in [5.74, 6) is 0. The maximum atomic E-state index is 2.62. The van der Waals surface area contributed by atoms with E-state index in [9.17, 15) is 0 Å². The normalized spacial score (nSPS) is 18.5. The molecule has 1 aliphatic rings. The van der Waals surface area contributed by atoms with Crippen LogP contribution in [0, 0.1) is 10.8 Å². The van der Waals surface area contributed by atoms with Crippen LogP contribution in [-0.2, 0) is 0 Å². The van der Waals surface area contributed by atoms with E-state index in [1.165, 1.54) is 51.7 Å². The van der Waals surface area contributed by atoms with Gasteiger partial charge in [-0.3, -0.25) is 4.90 Å². The third-order valence-corrected chi connectivity index (χ3v) is 4.16. The number of unbranched alkanes of at least 4 members (excludes halogenated alkanes) is 2. The molecule has 0 unspecified atom stereocenters. The van der Waals surface area contributed by atoms with Crippen molar-refractivity contribution >= 4 is 0 Å². The molecule has 1 nitrogen and oxygen atoms in total. The number of nitrogens with zero attached hydrogens (tertiary/aromatic N) is 1. The molecule has 1 heteroatoms. The van der Waals surface area contributed by atoms with E-state index in [0.717, 1.165) is 0 Å². The first-order chi connectivity index (χ1) is 8.68. The fraction of sp³-hybridized carbons (Fsp3) is 0.889. The summed E-state index contributed by atoms with van der Waals surface area (Å²) in [6, 6.07) is 0. The van der Waals surface area contributed by atoms with Gasteiger partial charge in [0.05, 0.1) is 0 Å². The van der Waals surface area contributed by atoms with Gasteiger partial charge >= 0.3 is 0 Å². The summed E-state index contributed by atoms with van der Waals surface area (Å²) in [6.07, 6.45) is 9.25. The predicted molar refractivity (Wildman–Crippen MR) is 86.5 cm³/mol. The molecule has 0 aromatic carbocycles. The Labute approximate surface area is 121 Å². The minimum Gasteiger partial charge on any atom is -0.299 e. The molecule has 0 amide bonds. The van der Waals surface area contributed by atoms with E-state index in [1.807, 2.05) is 0 Å². The van der Waals surface area contributed by atoms with Crippen LogP contribution in [-0.4, -0.2) is 24.5 Å². The molecule has 0 spiro atoms. The molecular weight excluding hydrogens is 230 g/mol. The van der Waals surface area contributed by atoms with Crippen molar-refractivity contribution in [3.05, 3.63) is 11.6 Å². The standard InChI is InChI=1S/C18H35N/c1-17(2,3)12-8-7-9-13-19-14-10-16(11-15-19)18(4,5)6/h10H,7-9,11-15H2,1-6H3.